The molecular formula is C15H19N5O3. The molecule has 1 heterocycles. The van der Waals surface area contributed by atoms with E-state index in [9.17, 15) is 10.1 Å². The maximum absolute atomic E-state index is 11.3. The first kappa shape index (κ1) is 15.4. The number of hydrogen-bond acceptors (Lipinski definition) is 7. The molecule has 1 aliphatic rings. The molecule has 1 saturated carbocycles. The summed E-state index contributed by atoms with van der Waals surface area (Å²) in [5.74, 6) is 0.870. The number of nitrogens with one attached hydrogen (secondary N) is 2. The Morgan fingerprint density at radius 3 is 2.91 bits per heavy atom. The highest BCUT2D eigenvalue weighted by atomic mass is 16.6. The van der Waals surface area contributed by atoms with Gasteiger partial charge in [0, 0.05) is 30.1 Å². The van der Waals surface area contributed by atoms with Crippen molar-refractivity contribution in [3.8, 4) is 11.5 Å². The van der Waals surface area contributed by atoms with Crippen molar-refractivity contribution >= 4 is 11.4 Å². The Bertz CT molecular complexity index is 711. The summed E-state index contributed by atoms with van der Waals surface area (Å²) >= 11 is 0. The van der Waals surface area contributed by atoms with Gasteiger partial charge in [-0.3, -0.25) is 10.1 Å². The third kappa shape index (κ3) is 3.65. The molecule has 0 aliphatic heterocycles. The lowest BCUT2D eigenvalue weighted by molar-refractivity contribution is -0.383. The predicted octanol–water partition coefficient (Wildman–Crippen LogP) is 2.37. The Morgan fingerprint density at radius 2 is 2.26 bits per heavy atom. The molecule has 0 radical (unpaired) electrons. The minimum atomic E-state index is -0.394. The second kappa shape index (κ2) is 6.33. The Balaban J connectivity index is 1.84. The molecule has 1 aliphatic carbocycles. The van der Waals surface area contributed by atoms with Gasteiger partial charge in [-0.1, -0.05) is 5.16 Å². The van der Waals surface area contributed by atoms with Crippen LogP contribution in [0.4, 0.5) is 11.4 Å². The fourth-order valence-corrected chi connectivity index (χ4v) is 2.22. The zero-order valence-corrected chi connectivity index (χ0v) is 13.1. The van der Waals surface area contributed by atoms with Gasteiger partial charge in [-0.2, -0.15) is 4.98 Å². The van der Waals surface area contributed by atoms with Crippen LogP contribution in [0, 0.1) is 10.1 Å². The molecule has 0 bridgehead atoms. The minimum Gasteiger partial charge on any atom is -0.377 e. The van der Waals surface area contributed by atoms with Gasteiger partial charge in [-0.05, 0) is 38.9 Å². The highest BCUT2D eigenvalue weighted by Gasteiger charge is 2.25. The summed E-state index contributed by atoms with van der Waals surface area (Å²) in [5.41, 5.74) is 1.11. The normalized spacial score (nSPS) is 15.4. The van der Waals surface area contributed by atoms with E-state index in [1.807, 2.05) is 14.0 Å². The Labute approximate surface area is 133 Å². The lowest BCUT2D eigenvalue weighted by Crippen LogP contribution is -2.24. The standard InChI is InChI=1S/C15H19N5O3/c1-9(16-2)7-14-18-15(23-19-14)10-3-6-12(17-11-4-5-11)13(8-10)20(21)22/h3,6,8-9,11,16-17H,4-5,7H2,1-2H3. The van der Waals surface area contributed by atoms with Crippen LogP contribution in [0.1, 0.15) is 25.6 Å². The molecule has 23 heavy (non-hydrogen) atoms. The van der Waals surface area contributed by atoms with Gasteiger partial charge in [0.15, 0.2) is 5.82 Å². The number of benzene rings is 1. The van der Waals surface area contributed by atoms with Gasteiger partial charge in [0.2, 0.25) is 0 Å². The fourth-order valence-electron chi connectivity index (χ4n) is 2.22. The van der Waals surface area contributed by atoms with E-state index in [0.29, 0.717) is 35.4 Å². The van der Waals surface area contributed by atoms with E-state index in [2.05, 4.69) is 20.8 Å². The SMILES string of the molecule is CNC(C)Cc1noc(-c2ccc(NC3CC3)c([N+](=O)[O-])c2)n1. The average Bonchev–Trinajstić information content (AvgIpc) is 3.23. The molecule has 122 valence electrons. The van der Waals surface area contributed by atoms with Crippen LogP contribution < -0.4 is 10.6 Å². The van der Waals surface area contributed by atoms with E-state index in [-0.39, 0.29) is 11.7 Å². The molecule has 1 aromatic carbocycles. The first-order valence-electron chi connectivity index (χ1n) is 7.62. The molecule has 8 heteroatoms. The Kier molecular flexibility index (Phi) is 4.24. The van der Waals surface area contributed by atoms with Crippen molar-refractivity contribution in [2.24, 2.45) is 0 Å². The number of aromatic nitrogens is 2. The van der Waals surface area contributed by atoms with Gasteiger partial charge in [-0.15, -0.1) is 0 Å². The Hall–Kier alpha value is -2.48. The summed E-state index contributed by atoms with van der Waals surface area (Å²) in [5, 5.41) is 21.5. The second-order valence-electron chi connectivity index (χ2n) is 5.82. The van der Waals surface area contributed by atoms with E-state index >= 15 is 0 Å². The van der Waals surface area contributed by atoms with Crippen molar-refractivity contribution in [1.29, 1.82) is 0 Å². The fraction of sp³-hybridized carbons (Fsp3) is 0.467. The van der Waals surface area contributed by atoms with Gasteiger partial charge >= 0.3 is 0 Å². The van der Waals surface area contributed by atoms with Crippen molar-refractivity contribution in [2.75, 3.05) is 12.4 Å². The summed E-state index contributed by atoms with van der Waals surface area (Å²) in [6.45, 7) is 2.01. The highest BCUT2D eigenvalue weighted by molar-refractivity contribution is 5.70. The summed E-state index contributed by atoms with van der Waals surface area (Å²) < 4.78 is 5.23. The lowest BCUT2D eigenvalue weighted by Gasteiger charge is -2.06. The van der Waals surface area contributed by atoms with E-state index in [1.165, 1.54) is 6.07 Å². The predicted molar refractivity (Wildman–Crippen MR) is 85.3 cm³/mol. The van der Waals surface area contributed by atoms with E-state index in [0.717, 1.165) is 12.8 Å². The molecule has 2 N–H and O–H groups in total. The number of hydrogen-bond donors (Lipinski definition) is 2. The first-order valence-corrected chi connectivity index (χ1v) is 7.62. The number of nitro groups is 1. The maximum Gasteiger partial charge on any atom is 0.293 e. The molecule has 8 nitrogen and oxygen atoms in total. The number of rotatable bonds is 7. The van der Waals surface area contributed by atoms with Gasteiger partial charge in [0.05, 0.1) is 4.92 Å². The van der Waals surface area contributed by atoms with E-state index < -0.39 is 4.92 Å². The quantitative estimate of drug-likeness (QED) is 0.596. The molecule has 2 aromatic rings. The van der Waals surface area contributed by atoms with Crippen molar-refractivity contribution in [2.45, 2.75) is 38.3 Å². The molecule has 0 saturated heterocycles. The average molecular weight is 317 g/mol. The lowest BCUT2D eigenvalue weighted by atomic mass is 10.1. The van der Waals surface area contributed by atoms with E-state index in [4.69, 9.17) is 4.52 Å². The van der Waals surface area contributed by atoms with Crippen LogP contribution in [0.25, 0.3) is 11.5 Å². The molecule has 1 unspecified atom stereocenters. The number of nitro benzene ring substituents is 1. The van der Waals surface area contributed by atoms with Crippen molar-refractivity contribution in [3.63, 3.8) is 0 Å². The summed E-state index contributed by atoms with van der Waals surface area (Å²) in [6.07, 6.45) is 2.73. The van der Waals surface area contributed by atoms with E-state index in [1.54, 1.807) is 12.1 Å². The summed E-state index contributed by atoms with van der Waals surface area (Å²) in [6, 6.07) is 5.50. The van der Waals surface area contributed by atoms with Crippen LogP contribution >= 0.6 is 0 Å². The molecule has 0 amide bonds. The van der Waals surface area contributed by atoms with Crippen LogP contribution in [0.3, 0.4) is 0 Å². The molecule has 3 rings (SSSR count). The van der Waals surface area contributed by atoms with Gasteiger partial charge in [-0.25, -0.2) is 0 Å². The topological polar surface area (TPSA) is 106 Å². The van der Waals surface area contributed by atoms with Crippen LogP contribution in [-0.2, 0) is 6.42 Å². The van der Waals surface area contributed by atoms with Crippen LogP contribution in [0.5, 0.6) is 0 Å². The minimum absolute atomic E-state index is 0.0257. The van der Waals surface area contributed by atoms with Gasteiger partial charge in [0.25, 0.3) is 11.6 Å². The zero-order chi connectivity index (χ0) is 16.4. The van der Waals surface area contributed by atoms with Gasteiger partial charge < -0.3 is 15.2 Å². The van der Waals surface area contributed by atoms with Crippen LogP contribution in [-0.4, -0.2) is 34.2 Å². The Morgan fingerprint density at radius 1 is 1.48 bits per heavy atom. The largest absolute Gasteiger partial charge is 0.377 e. The molecule has 1 fully saturated rings. The first-order chi connectivity index (χ1) is 11.1. The number of likely N-dealkylation sites (N-methyl/N-ethyl adjacent to an activating group) is 1. The third-order valence-corrected chi connectivity index (χ3v) is 3.83. The van der Waals surface area contributed by atoms with Gasteiger partial charge in [0.1, 0.15) is 5.69 Å². The smallest absolute Gasteiger partial charge is 0.293 e. The van der Waals surface area contributed by atoms with Crippen LogP contribution in [0.2, 0.25) is 0 Å². The summed E-state index contributed by atoms with van der Waals surface area (Å²) in [4.78, 5) is 15.2. The zero-order valence-electron chi connectivity index (χ0n) is 13.1. The monoisotopic (exact) mass is 317 g/mol. The van der Waals surface area contributed by atoms with Crippen molar-refractivity contribution < 1.29 is 9.45 Å². The summed E-state index contributed by atoms with van der Waals surface area (Å²) in [7, 11) is 1.86. The molecule has 1 atom stereocenters. The maximum atomic E-state index is 11.3. The molecular weight excluding hydrogens is 298 g/mol. The third-order valence-electron chi connectivity index (χ3n) is 3.83. The second-order valence-corrected chi connectivity index (χ2v) is 5.82. The van der Waals surface area contributed by atoms with Crippen LogP contribution in [0.15, 0.2) is 22.7 Å². The molecule has 1 aromatic heterocycles. The number of nitrogens with zero attached hydrogens (tertiary/aromatic N) is 3. The van der Waals surface area contributed by atoms with Crippen molar-refractivity contribution in [3.05, 3.63) is 34.1 Å². The number of anilines is 1. The highest BCUT2D eigenvalue weighted by Crippen LogP contribution is 2.33. The van der Waals surface area contributed by atoms with Crippen molar-refractivity contribution in [1.82, 2.24) is 15.5 Å². The molecule has 0 spiro atoms.